The van der Waals surface area contributed by atoms with Crippen LogP contribution in [0, 0.1) is 10.1 Å². The third-order valence-electron chi connectivity index (χ3n) is 2.76. The molecule has 2 aromatic carbocycles. The predicted molar refractivity (Wildman–Crippen MR) is 79.9 cm³/mol. The molecule has 0 unspecified atom stereocenters. The average Bonchev–Trinajstić information content (AvgIpc) is 2.47. The summed E-state index contributed by atoms with van der Waals surface area (Å²) in [4.78, 5) is 10.2. The molecule has 0 spiro atoms. The summed E-state index contributed by atoms with van der Waals surface area (Å²) in [5, 5.41) is 13.5. The molecule has 0 radical (unpaired) electrons. The first kappa shape index (κ1) is 14.8. The second kappa shape index (κ2) is 5.80. The highest BCUT2D eigenvalue weighted by molar-refractivity contribution is 7.92. The van der Waals surface area contributed by atoms with Crippen molar-refractivity contribution in [3.63, 3.8) is 0 Å². The van der Waals surface area contributed by atoms with Crippen molar-refractivity contribution in [2.75, 3.05) is 17.1 Å². The van der Waals surface area contributed by atoms with E-state index in [-0.39, 0.29) is 16.3 Å². The SMILES string of the molecule is CNc1ccccc1S(=O)(=O)Nc1cccc([N+](=O)[O-])c1. The van der Waals surface area contributed by atoms with Gasteiger partial charge in [-0.05, 0) is 18.2 Å². The number of benzene rings is 2. The van der Waals surface area contributed by atoms with E-state index in [2.05, 4.69) is 10.0 Å². The van der Waals surface area contributed by atoms with Crippen molar-refractivity contribution in [2.24, 2.45) is 0 Å². The van der Waals surface area contributed by atoms with E-state index < -0.39 is 14.9 Å². The van der Waals surface area contributed by atoms with Crippen LogP contribution >= 0.6 is 0 Å². The standard InChI is InChI=1S/C13H13N3O4S/c1-14-12-7-2-3-8-13(12)21(19,20)15-10-5-4-6-11(9-10)16(17)18/h2-9,14-15H,1H3. The van der Waals surface area contributed by atoms with Crippen LogP contribution in [0.15, 0.2) is 53.4 Å². The Labute approximate surface area is 121 Å². The fourth-order valence-corrected chi connectivity index (χ4v) is 3.07. The Balaban J connectivity index is 2.38. The second-order valence-corrected chi connectivity index (χ2v) is 5.81. The minimum absolute atomic E-state index is 0.0685. The van der Waals surface area contributed by atoms with Gasteiger partial charge in [-0.1, -0.05) is 18.2 Å². The van der Waals surface area contributed by atoms with E-state index in [4.69, 9.17) is 0 Å². The van der Waals surface area contributed by atoms with Crippen LogP contribution in [-0.2, 0) is 10.0 Å². The lowest BCUT2D eigenvalue weighted by Crippen LogP contribution is -2.14. The molecule has 0 aliphatic rings. The number of nitro benzene ring substituents is 1. The summed E-state index contributed by atoms with van der Waals surface area (Å²) < 4.78 is 27.0. The normalized spacial score (nSPS) is 10.9. The average molecular weight is 307 g/mol. The lowest BCUT2D eigenvalue weighted by atomic mass is 10.3. The number of nitrogens with zero attached hydrogens (tertiary/aromatic N) is 1. The van der Waals surface area contributed by atoms with E-state index in [0.29, 0.717) is 5.69 Å². The van der Waals surface area contributed by atoms with E-state index in [9.17, 15) is 18.5 Å². The quantitative estimate of drug-likeness (QED) is 0.652. The van der Waals surface area contributed by atoms with Crippen LogP contribution in [0.4, 0.5) is 17.1 Å². The highest BCUT2D eigenvalue weighted by Crippen LogP contribution is 2.24. The third kappa shape index (κ3) is 3.29. The lowest BCUT2D eigenvalue weighted by molar-refractivity contribution is -0.384. The minimum Gasteiger partial charge on any atom is -0.387 e. The van der Waals surface area contributed by atoms with E-state index in [0.717, 1.165) is 0 Å². The van der Waals surface area contributed by atoms with Crippen LogP contribution in [-0.4, -0.2) is 20.4 Å². The van der Waals surface area contributed by atoms with Crippen molar-refractivity contribution >= 4 is 27.1 Å². The maximum Gasteiger partial charge on any atom is 0.271 e. The summed E-state index contributed by atoms with van der Waals surface area (Å²) in [5.41, 5.74) is 0.391. The molecule has 2 N–H and O–H groups in total. The molecule has 0 saturated carbocycles. The van der Waals surface area contributed by atoms with Gasteiger partial charge < -0.3 is 5.32 Å². The summed E-state index contributed by atoms with van der Waals surface area (Å²) in [5.74, 6) is 0. The zero-order chi connectivity index (χ0) is 15.5. The molecule has 0 bridgehead atoms. The van der Waals surface area contributed by atoms with Crippen molar-refractivity contribution in [2.45, 2.75) is 4.90 Å². The van der Waals surface area contributed by atoms with Crippen molar-refractivity contribution in [3.05, 3.63) is 58.6 Å². The topological polar surface area (TPSA) is 101 Å². The Morgan fingerprint density at radius 2 is 1.81 bits per heavy atom. The fraction of sp³-hybridized carbons (Fsp3) is 0.0769. The number of hydrogen-bond acceptors (Lipinski definition) is 5. The Bertz CT molecular complexity index is 774. The summed E-state index contributed by atoms with van der Waals surface area (Å²) in [6.07, 6.45) is 0. The summed E-state index contributed by atoms with van der Waals surface area (Å²) in [6, 6.07) is 11.7. The van der Waals surface area contributed by atoms with Crippen molar-refractivity contribution in [1.29, 1.82) is 0 Å². The molecule has 110 valence electrons. The molecule has 0 aliphatic heterocycles. The molecule has 0 fully saturated rings. The summed E-state index contributed by atoms with van der Waals surface area (Å²) in [6.45, 7) is 0. The number of anilines is 2. The number of nitro groups is 1. The first-order chi connectivity index (χ1) is 9.94. The van der Waals surface area contributed by atoms with Crippen molar-refractivity contribution in [3.8, 4) is 0 Å². The van der Waals surface area contributed by atoms with E-state index in [1.165, 1.54) is 30.3 Å². The molecule has 0 amide bonds. The minimum atomic E-state index is -3.83. The van der Waals surface area contributed by atoms with Gasteiger partial charge in [0.05, 0.1) is 16.3 Å². The van der Waals surface area contributed by atoms with E-state index in [1.807, 2.05) is 0 Å². The maximum absolute atomic E-state index is 12.3. The molecule has 21 heavy (non-hydrogen) atoms. The Kier molecular flexibility index (Phi) is 4.08. The van der Waals surface area contributed by atoms with Gasteiger partial charge in [-0.15, -0.1) is 0 Å². The third-order valence-corrected chi connectivity index (χ3v) is 4.19. The summed E-state index contributed by atoms with van der Waals surface area (Å²) in [7, 11) is -2.22. The van der Waals surface area contributed by atoms with Crippen molar-refractivity contribution in [1.82, 2.24) is 0 Å². The molecule has 0 aliphatic carbocycles. The Morgan fingerprint density at radius 3 is 2.48 bits per heavy atom. The van der Waals surface area contributed by atoms with E-state index >= 15 is 0 Å². The van der Waals surface area contributed by atoms with Crippen LogP contribution in [0.5, 0.6) is 0 Å². The maximum atomic E-state index is 12.3. The molecular weight excluding hydrogens is 294 g/mol. The second-order valence-electron chi connectivity index (χ2n) is 4.16. The van der Waals surface area contributed by atoms with Crippen LogP contribution in [0.1, 0.15) is 0 Å². The highest BCUT2D eigenvalue weighted by atomic mass is 32.2. The number of hydrogen-bond donors (Lipinski definition) is 2. The molecule has 0 atom stereocenters. The Morgan fingerprint density at radius 1 is 1.10 bits per heavy atom. The van der Waals surface area contributed by atoms with E-state index in [1.54, 1.807) is 25.2 Å². The van der Waals surface area contributed by atoms with Gasteiger partial charge in [-0.25, -0.2) is 8.42 Å². The van der Waals surface area contributed by atoms with Gasteiger partial charge in [-0.3, -0.25) is 14.8 Å². The molecule has 2 aromatic rings. The van der Waals surface area contributed by atoms with Gasteiger partial charge in [0.2, 0.25) is 0 Å². The largest absolute Gasteiger partial charge is 0.387 e. The number of non-ortho nitro benzene ring substituents is 1. The predicted octanol–water partition coefficient (Wildman–Crippen LogP) is 2.44. The van der Waals surface area contributed by atoms with Gasteiger partial charge in [-0.2, -0.15) is 0 Å². The van der Waals surface area contributed by atoms with Crippen LogP contribution < -0.4 is 10.0 Å². The number of sulfonamides is 1. The van der Waals surface area contributed by atoms with Gasteiger partial charge in [0.25, 0.3) is 15.7 Å². The van der Waals surface area contributed by atoms with Crippen LogP contribution in [0.3, 0.4) is 0 Å². The molecule has 2 rings (SSSR count). The van der Waals surface area contributed by atoms with Gasteiger partial charge in [0.15, 0.2) is 0 Å². The van der Waals surface area contributed by atoms with Crippen molar-refractivity contribution < 1.29 is 13.3 Å². The van der Waals surface area contributed by atoms with Gasteiger partial charge >= 0.3 is 0 Å². The molecule has 0 saturated heterocycles. The highest BCUT2D eigenvalue weighted by Gasteiger charge is 2.18. The zero-order valence-corrected chi connectivity index (χ0v) is 11.9. The molecule has 0 aromatic heterocycles. The monoisotopic (exact) mass is 307 g/mol. The first-order valence-electron chi connectivity index (χ1n) is 5.98. The molecule has 8 heteroatoms. The molecular formula is C13H13N3O4S. The fourth-order valence-electron chi connectivity index (χ4n) is 1.80. The van der Waals surface area contributed by atoms with Gasteiger partial charge in [0, 0.05) is 19.2 Å². The van der Waals surface area contributed by atoms with Crippen LogP contribution in [0.25, 0.3) is 0 Å². The number of rotatable bonds is 5. The first-order valence-corrected chi connectivity index (χ1v) is 7.46. The molecule has 7 nitrogen and oxygen atoms in total. The number of nitrogens with one attached hydrogen (secondary N) is 2. The lowest BCUT2D eigenvalue weighted by Gasteiger charge is -2.11. The summed E-state index contributed by atoms with van der Waals surface area (Å²) >= 11 is 0. The Hall–Kier alpha value is -2.61. The van der Waals surface area contributed by atoms with Gasteiger partial charge in [0.1, 0.15) is 4.90 Å². The van der Waals surface area contributed by atoms with Crippen LogP contribution in [0.2, 0.25) is 0 Å². The smallest absolute Gasteiger partial charge is 0.271 e. The zero-order valence-electron chi connectivity index (χ0n) is 11.1. The number of para-hydroxylation sites is 1. The molecule has 0 heterocycles.